The number of hydrogen-bond acceptors (Lipinski definition) is 3. The molecule has 0 bridgehead atoms. The maximum atomic E-state index is 12.6. The third kappa shape index (κ3) is 3.08. The molecule has 0 saturated heterocycles. The van der Waals surface area contributed by atoms with Gasteiger partial charge in [0.15, 0.2) is 0 Å². The maximum absolute atomic E-state index is 12.6. The fraction of sp³-hybridized carbons (Fsp3) is 0.0769. The van der Waals surface area contributed by atoms with Gasteiger partial charge in [-0.3, -0.25) is 4.98 Å². The zero-order valence-corrected chi connectivity index (χ0v) is 10.8. The summed E-state index contributed by atoms with van der Waals surface area (Å²) in [7, 11) is 0. The van der Waals surface area contributed by atoms with Crippen molar-refractivity contribution in [1.82, 2.24) is 4.98 Å². The van der Waals surface area contributed by atoms with Crippen molar-refractivity contribution in [1.29, 1.82) is 5.41 Å². The van der Waals surface area contributed by atoms with Gasteiger partial charge in [-0.05, 0) is 18.2 Å². The minimum Gasteiger partial charge on any atom is -0.354 e. The van der Waals surface area contributed by atoms with Gasteiger partial charge in [0.25, 0.3) is 0 Å². The summed E-state index contributed by atoms with van der Waals surface area (Å²) in [5, 5.41) is 10.4. The van der Waals surface area contributed by atoms with Gasteiger partial charge in [0.1, 0.15) is 0 Å². The summed E-state index contributed by atoms with van der Waals surface area (Å²) in [4.78, 5) is 3.55. The van der Waals surface area contributed by atoms with E-state index in [0.29, 0.717) is 16.3 Å². The molecule has 7 heteroatoms. The highest BCUT2D eigenvalue weighted by Gasteiger charge is 2.31. The summed E-state index contributed by atoms with van der Waals surface area (Å²) in [6.45, 7) is 0. The van der Waals surface area contributed by atoms with E-state index >= 15 is 0 Å². The Labute approximate surface area is 117 Å². The van der Waals surface area contributed by atoms with Crippen molar-refractivity contribution in [3.05, 3.63) is 52.8 Å². The molecule has 1 heterocycles. The number of hydrogen-bond donors (Lipinski definition) is 2. The Bertz CT molecular complexity index is 641. The first-order valence-corrected chi connectivity index (χ1v) is 5.88. The monoisotopic (exact) mass is 299 g/mol. The van der Waals surface area contributed by atoms with Crippen LogP contribution in [0.25, 0.3) is 0 Å². The molecule has 0 radical (unpaired) electrons. The Morgan fingerprint density at radius 3 is 2.65 bits per heavy atom. The number of alkyl halides is 3. The Balaban J connectivity index is 2.36. The Kier molecular flexibility index (Phi) is 3.94. The van der Waals surface area contributed by atoms with E-state index in [9.17, 15) is 13.2 Å². The SMILES string of the molecule is N=Cc1c(Cl)cccc1Nc1cncc(C(F)(F)F)c1. The van der Waals surface area contributed by atoms with Crippen molar-refractivity contribution in [2.75, 3.05) is 5.32 Å². The van der Waals surface area contributed by atoms with Gasteiger partial charge in [0.2, 0.25) is 0 Å². The molecular weight excluding hydrogens is 291 g/mol. The van der Waals surface area contributed by atoms with Crippen molar-refractivity contribution >= 4 is 29.2 Å². The van der Waals surface area contributed by atoms with Crippen LogP contribution < -0.4 is 5.32 Å². The molecule has 0 amide bonds. The Morgan fingerprint density at radius 2 is 2.00 bits per heavy atom. The quantitative estimate of drug-likeness (QED) is 0.820. The molecule has 0 fully saturated rings. The number of aromatic nitrogens is 1. The average molecular weight is 300 g/mol. The number of nitrogens with one attached hydrogen (secondary N) is 2. The third-order valence-electron chi connectivity index (χ3n) is 2.54. The van der Waals surface area contributed by atoms with Gasteiger partial charge in [-0.15, -0.1) is 0 Å². The summed E-state index contributed by atoms with van der Waals surface area (Å²) in [5.41, 5.74) is 0.159. The Morgan fingerprint density at radius 1 is 1.25 bits per heavy atom. The molecule has 1 aromatic heterocycles. The molecule has 2 N–H and O–H groups in total. The normalized spacial score (nSPS) is 11.2. The molecule has 1 aromatic carbocycles. The summed E-state index contributed by atoms with van der Waals surface area (Å²) in [6, 6.07) is 5.80. The zero-order valence-electron chi connectivity index (χ0n) is 10.0. The number of rotatable bonds is 3. The van der Waals surface area contributed by atoms with Crippen LogP contribution in [0.5, 0.6) is 0 Å². The predicted octanol–water partition coefficient (Wildman–Crippen LogP) is 4.50. The lowest BCUT2D eigenvalue weighted by atomic mass is 10.2. The molecule has 0 aliphatic heterocycles. The van der Waals surface area contributed by atoms with Gasteiger partial charge in [0, 0.05) is 23.7 Å². The van der Waals surface area contributed by atoms with Gasteiger partial charge in [-0.1, -0.05) is 17.7 Å². The molecule has 20 heavy (non-hydrogen) atoms. The van der Waals surface area contributed by atoms with Crippen LogP contribution in [0.2, 0.25) is 5.02 Å². The van der Waals surface area contributed by atoms with E-state index in [0.717, 1.165) is 18.5 Å². The maximum Gasteiger partial charge on any atom is 0.417 e. The fourth-order valence-corrected chi connectivity index (χ4v) is 1.84. The zero-order chi connectivity index (χ0) is 14.8. The van der Waals surface area contributed by atoms with Crippen LogP contribution in [0, 0.1) is 5.41 Å². The van der Waals surface area contributed by atoms with Crippen molar-refractivity contribution in [3.63, 3.8) is 0 Å². The predicted molar refractivity (Wildman–Crippen MR) is 71.9 cm³/mol. The molecule has 0 unspecified atom stereocenters. The van der Waals surface area contributed by atoms with Gasteiger partial charge < -0.3 is 10.7 Å². The molecule has 0 aliphatic rings. The second kappa shape index (κ2) is 5.50. The second-order valence-electron chi connectivity index (χ2n) is 3.93. The number of nitrogens with zero attached hydrogens (tertiary/aromatic N) is 1. The number of benzene rings is 1. The molecule has 2 rings (SSSR count). The highest BCUT2D eigenvalue weighted by molar-refractivity contribution is 6.33. The Hall–Kier alpha value is -2.08. The third-order valence-corrected chi connectivity index (χ3v) is 2.87. The molecule has 2 aromatic rings. The van der Waals surface area contributed by atoms with E-state index in [-0.39, 0.29) is 5.69 Å². The summed E-state index contributed by atoms with van der Waals surface area (Å²) in [5.74, 6) is 0. The summed E-state index contributed by atoms with van der Waals surface area (Å²) < 4.78 is 37.8. The van der Waals surface area contributed by atoms with Crippen LogP contribution in [-0.2, 0) is 6.18 Å². The highest BCUT2D eigenvalue weighted by Crippen LogP contribution is 2.31. The molecule has 0 atom stereocenters. The van der Waals surface area contributed by atoms with Crippen molar-refractivity contribution in [3.8, 4) is 0 Å². The van der Waals surface area contributed by atoms with E-state index in [1.54, 1.807) is 18.2 Å². The largest absolute Gasteiger partial charge is 0.417 e. The van der Waals surface area contributed by atoms with Crippen molar-refractivity contribution in [2.24, 2.45) is 0 Å². The average Bonchev–Trinajstić information content (AvgIpc) is 2.38. The topological polar surface area (TPSA) is 48.8 Å². The minimum atomic E-state index is -4.45. The van der Waals surface area contributed by atoms with Gasteiger partial charge in [0.05, 0.1) is 22.5 Å². The van der Waals surface area contributed by atoms with E-state index in [4.69, 9.17) is 17.0 Å². The first-order chi connectivity index (χ1) is 9.41. The van der Waals surface area contributed by atoms with Crippen LogP contribution in [0.4, 0.5) is 24.5 Å². The van der Waals surface area contributed by atoms with E-state index in [2.05, 4.69) is 10.3 Å². The van der Waals surface area contributed by atoms with E-state index in [1.165, 1.54) is 6.20 Å². The van der Waals surface area contributed by atoms with Crippen molar-refractivity contribution < 1.29 is 13.2 Å². The molecule has 3 nitrogen and oxygen atoms in total. The first kappa shape index (κ1) is 14.3. The van der Waals surface area contributed by atoms with Gasteiger partial charge >= 0.3 is 6.18 Å². The summed E-state index contributed by atoms with van der Waals surface area (Å²) >= 11 is 5.91. The number of halogens is 4. The number of anilines is 2. The smallest absolute Gasteiger partial charge is 0.354 e. The molecule has 104 valence electrons. The molecule has 0 saturated carbocycles. The lowest BCUT2D eigenvalue weighted by Crippen LogP contribution is -2.06. The number of pyridine rings is 1. The van der Waals surface area contributed by atoms with Crippen LogP contribution in [0.3, 0.4) is 0 Å². The first-order valence-electron chi connectivity index (χ1n) is 5.50. The lowest BCUT2D eigenvalue weighted by Gasteiger charge is -2.12. The van der Waals surface area contributed by atoms with Crippen molar-refractivity contribution in [2.45, 2.75) is 6.18 Å². The van der Waals surface area contributed by atoms with Crippen LogP contribution in [0.15, 0.2) is 36.7 Å². The minimum absolute atomic E-state index is 0.171. The fourth-order valence-electron chi connectivity index (χ4n) is 1.61. The molecular formula is C13H9ClF3N3. The molecule has 0 spiro atoms. The summed E-state index contributed by atoms with van der Waals surface area (Å²) in [6.07, 6.45) is -1.40. The lowest BCUT2D eigenvalue weighted by molar-refractivity contribution is -0.137. The standard InChI is InChI=1S/C13H9ClF3N3/c14-11-2-1-3-12(10(11)5-18)20-9-4-8(6-19-7-9)13(15,16)17/h1-7,18,20H. The van der Waals surface area contributed by atoms with Crippen LogP contribution in [0.1, 0.15) is 11.1 Å². The van der Waals surface area contributed by atoms with E-state index < -0.39 is 11.7 Å². The van der Waals surface area contributed by atoms with Crippen LogP contribution >= 0.6 is 11.6 Å². The highest BCUT2D eigenvalue weighted by atomic mass is 35.5. The second-order valence-corrected chi connectivity index (χ2v) is 4.34. The van der Waals surface area contributed by atoms with E-state index in [1.807, 2.05) is 0 Å². The van der Waals surface area contributed by atoms with Gasteiger partial charge in [-0.25, -0.2) is 0 Å². The van der Waals surface area contributed by atoms with Gasteiger partial charge in [-0.2, -0.15) is 13.2 Å². The van der Waals surface area contributed by atoms with Crippen LogP contribution in [-0.4, -0.2) is 11.2 Å². The molecule has 0 aliphatic carbocycles.